The number of carbonyl (C=O) groups excluding carboxylic acids is 1. The van der Waals surface area contributed by atoms with Crippen LogP contribution < -0.4 is 0 Å². The Kier molecular flexibility index (Phi) is 5.54. The molecule has 2 aromatic carbocycles. The fraction of sp³-hybridized carbons (Fsp3) is 0.238. The monoisotopic (exact) mass is 376 g/mol. The molecule has 0 aromatic heterocycles. The Morgan fingerprint density at radius 1 is 1.11 bits per heavy atom. The third kappa shape index (κ3) is 3.84. The summed E-state index contributed by atoms with van der Waals surface area (Å²) in [4.78, 5) is 13.1. The van der Waals surface area contributed by atoms with Crippen molar-refractivity contribution in [3.63, 3.8) is 0 Å². The Hall–Kier alpha value is -3.15. The quantitative estimate of drug-likeness (QED) is 0.787. The second-order valence-electron chi connectivity index (χ2n) is 6.41. The molecule has 0 bridgehead atoms. The molecule has 0 radical (unpaired) electrons. The van der Waals surface area contributed by atoms with E-state index in [1.165, 1.54) is 5.01 Å². The standard InChI is InChI=1S/C21H17ClN4O/c1-14-19(21(27)26(25-14)13-15-5-3-2-4-6-15)20(17(11-23)12-24)16-7-9-18(22)10-8-16/h2-10,17,19-20H,13H2,1H3/t19-,20+/m1/s1. The number of nitriles is 2. The van der Waals surface area contributed by atoms with Crippen LogP contribution in [0.4, 0.5) is 0 Å². The molecule has 0 spiro atoms. The number of carbonyl (C=O) groups is 1. The van der Waals surface area contributed by atoms with Gasteiger partial charge in [0, 0.05) is 16.7 Å². The minimum atomic E-state index is -0.970. The number of hydrogen-bond donors (Lipinski definition) is 0. The van der Waals surface area contributed by atoms with Gasteiger partial charge in [-0.05, 0) is 30.2 Å². The number of hydrogen-bond acceptors (Lipinski definition) is 4. The van der Waals surface area contributed by atoms with E-state index in [4.69, 9.17) is 11.6 Å². The highest BCUT2D eigenvalue weighted by atomic mass is 35.5. The minimum absolute atomic E-state index is 0.202. The van der Waals surface area contributed by atoms with Crippen molar-refractivity contribution in [2.75, 3.05) is 0 Å². The van der Waals surface area contributed by atoms with Gasteiger partial charge in [-0.3, -0.25) is 4.79 Å². The van der Waals surface area contributed by atoms with Crippen LogP contribution in [0.1, 0.15) is 24.0 Å². The van der Waals surface area contributed by atoms with E-state index in [1.807, 2.05) is 42.5 Å². The van der Waals surface area contributed by atoms with Gasteiger partial charge in [-0.1, -0.05) is 54.1 Å². The lowest BCUT2D eigenvalue weighted by molar-refractivity contribution is -0.133. The molecule has 0 fully saturated rings. The zero-order chi connectivity index (χ0) is 19.4. The van der Waals surface area contributed by atoms with Crippen molar-refractivity contribution in [3.8, 4) is 12.1 Å². The predicted molar refractivity (Wildman–Crippen MR) is 103 cm³/mol. The second-order valence-corrected chi connectivity index (χ2v) is 6.85. The van der Waals surface area contributed by atoms with E-state index in [0.717, 1.165) is 11.1 Å². The van der Waals surface area contributed by atoms with E-state index < -0.39 is 17.8 Å². The smallest absolute Gasteiger partial charge is 0.252 e. The molecule has 5 nitrogen and oxygen atoms in total. The maximum absolute atomic E-state index is 13.1. The molecule has 1 amide bonds. The van der Waals surface area contributed by atoms with Gasteiger partial charge in [0.15, 0.2) is 0 Å². The van der Waals surface area contributed by atoms with Crippen molar-refractivity contribution >= 4 is 23.2 Å². The molecule has 0 saturated carbocycles. The van der Waals surface area contributed by atoms with Gasteiger partial charge < -0.3 is 0 Å². The third-order valence-corrected chi connectivity index (χ3v) is 4.93. The number of amides is 1. The van der Waals surface area contributed by atoms with Crippen LogP contribution in [-0.4, -0.2) is 16.6 Å². The number of nitrogens with zero attached hydrogens (tertiary/aromatic N) is 4. The maximum Gasteiger partial charge on any atom is 0.252 e. The van der Waals surface area contributed by atoms with Crippen LogP contribution >= 0.6 is 11.6 Å². The van der Waals surface area contributed by atoms with Gasteiger partial charge >= 0.3 is 0 Å². The van der Waals surface area contributed by atoms with E-state index in [0.29, 0.717) is 17.3 Å². The first-order chi connectivity index (χ1) is 13.0. The van der Waals surface area contributed by atoms with Crippen molar-refractivity contribution in [2.45, 2.75) is 19.4 Å². The second kappa shape index (κ2) is 8.03. The Morgan fingerprint density at radius 3 is 2.33 bits per heavy atom. The van der Waals surface area contributed by atoms with Gasteiger partial charge in [0.05, 0.1) is 24.6 Å². The summed E-state index contributed by atoms with van der Waals surface area (Å²) < 4.78 is 0. The fourth-order valence-corrected chi connectivity index (χ4v) is 3.50. The summed E-state index contributed by atoms with van der Waals surface area (Å²) in [6.07, 6.45) is 0. The third-order valence-electron chi connectivity index (χ3n) is 4.68. The lowest BCUT2D eigenvalue weighted by atomic mass is 9.76. The van der Waals surface area contributed by atoms with Crippen LogP contribution in [0.25, 0.3) is 0 Å². The highest BCUT2D eigenvalue weighted by Crippen LogP contribution is 2.37. The van der Waals surface area contributed by atoms with Crippen molar-refractivity contribution < 1.29 is 4.79 Å². The highest BCUT2D eigenvalue weighted by Gasteiger charge is 2.43. The zero-order valence-corrected chi connectivity index (χ0v) is 15.5. The van der Waals surface area contributed by atoms with Crippen LogP contribution in [0, 0.1) is 34.5 Å². The Morgan fingerprint density at radius 2 is 1.74 bits per heavy atom. The lowest BCUT2D eigenvalue weighted by Gasteiger charge is -2.24. The first kappa shape index (κ1) is 18.6. The molecule has 134 valence electrons. The zero-order valence-electron chi connectivity index (χ0n) is 14.7. The van der Waals surface area contributed by atoms with Crippen molar-refractivity contribution in [1.29, 1.82) is 10.5 Å². The van der Waals surface area contributed by atoms with Gasteiger partial charge in [0.25, 0.3) is 5.91 Å². The molecular formula is C21H17ClN4O. The summed E-state index contributed by atoms with van der Waals surface area (Å²) in [5.74, 6) is -2.43. The van der Waals surface area contributed by atoms with Gasteiger partial charge in [-0.25, -0.2) is 5.01 Å². The normalized spacial score (nSPS) is 17.4. The van der Waals surface area contributed by atoms with Gasteiger partial charge in [-0.2, -0.15) is 15.6 Å². The molecule has 0 N–H and O–H groups in total. The molecule has 2 aromatic rings. The molecule has 1 heterocycles. The highest BCUT2D eigenvalue weighted by molar-refractivity contribution is 6.30. The molecule has 6 heteroatoms. The number of benzene rings is 2. The van der Waals surface area contributed by atoms with Crippen LogP contribution in [0.2, 0.25) is 5.02 Å². The molecule has 0 unspecified atom stereocenters. The summed E-state index contributed by atoms with van der Waals surface area (Å²) in [5, 5.41) is 25.4. The van der Waals surface area contributed by atoms with E-state index in [-0.39, 0.29) is 5.91 Å². The molecule has 1 aliphatic rings. The molecule has 2 atom stereocenters. The lowest BCUT2D eigenvalue weighted by Crippen LogP contribution is -2.34. The van der Waals surface area contributed by atoms with Crippen LogP contribution in [-0.2, 0) is 11.3 Å². The Bertz CT molecular complexity index is 927. The molecule has 0 saturated heterocycles. The maximum atomic E-state index is 13.1. The number of rotatable bonds is 5. The molecule has 3 rings (SSSR count). The summed E-state index contributed by atoms with van der Waals surface area (Å²) >= 11 is 5.97. The number of hydrazone groups is 1. The van der Waals surface area contributed by atoms with Crippen molar-refractivity contribution in [1.82, 2.24) is 5.01 Å². The summed E-state index contributed by atoms with van der Waals surface area (Å²) in [5.41, 5.74) is 2.29. The molecule has 27 heavy (non-hydrogen) atoms. The minimum Gasteiger partial charge on any atom is -0.272 e. The van der Waals surface area contributed by atoms with Crippen LogP contribution in [0.5, 0.6) is 0 Å². The van der Waals surface area contributed by atoms with Crippen LogP contribution in [0.15, 0.2) is 59.7 Å². The SMILES string of the molecule is CC1=NN(Cc2ccccc2)C(=O)[C@H]1[C@@H](c1ccc(Cl)cc1)C(C#N)C#N. The average Bonchev–Trinajstić information content (AvgIpc) is 2.95. The van der Waals surface area contributed by atoms with Crippen LogP contribution in [0.3, 0.4) is 0 Å². The largest absolute Gasteiger partial charge is 0.272 e. The Balaban J connectivity index is 1.94. The topological polar surface area (TPSA) is 80.2 Å². The predicted octanol–water partition coefficient (Wildman–Crippen LogP) is 4.12. The van der Waals surface area contributed by atoms with Gasteiger partial charge in [-0.15, -0.1) is 0 Å². The summed E-state index contributed by atoms with van der Waals surface area (Å²) in [6, 6.07) is 20.5. The fourth-order valence-electron chi connectivity index (χ4n) is 3.38. The van der Waals surface area contributed by atoms with Crippen molar-refractivity contribution in [3.05, 3.63) is 70.7 Å². The first-order valence-corrected chi connectivity index (χ1v) is 8.88. The average molecular weight is 377 g/mol. The molecule has 1 aliphatic heterocycles. The van der Waals surface area contributed by atoms with E-state index in [2.05, 4.69) is 5.10 Å². The van der Waals surface area contributed by atoms with Gasteiger partial charge in [0.2, 0.25) is 0 Å². The summed E-state index contributed by atoms with van der Waals surface area (Å²) in [6.45, 7) is 2.12. The Labute approximate surface area is 163 Å². The van der Waals surface area contributed by atoms with E-state index in [1.54, 1.807) is 31.2 Å². The summed E-state index contributed by atoms with van der Waals surface area (Å²) in [7, 11) is 0. The van der Waals surface area contributed by atoms with Gasteiger partial charge in [0.1, 0.15) is 5.92 Å². The van der Waals surface area contributed by atoms with E-state index >= 15 is 0 Å². The van der Waals surface area contributed by atoms with E-state index in [9.17, 15) is 15.3 Å². The first-order valence-electron chi connectivity index (χ1n) is 8.50. The molecular weight excluding hydrogens is 360 g/mol. The van der Waals surface area contributed by atoms with Crippen molar-refractivity contribution in [2.24, 2.45) is 16.9 Å². The molecule has 0 aliphatic carbocycles. The number of halogens is 1.